The number of nitrogens with zero attached hydrogens (tertiary/aromatic N) is 4. The average molecular weight is 288 g/mol. The molecule has 2 aromatic heterocycles. The third-order valence-corrected chi connectivity index (χ3v) is 4.29. The maximum atomic E-state index is 8.84. The summed E-state index contributed by atoms with van der Waals surface area (Å²) in [5, 5.41) is 9.89. The van der Waals surface area contributed by atoms with E-state index in [1.54, 1.807) is 11.3 Å². The first-order valence-corrected chi connectivity index (χ1v) is 7.43. The lowest BCUT2D eigenvalue weighted by molar-refractivity contribution is 0.781. The first-order valence-electron chi connectivity index (χ1n) is 6.61. The zero-order valence-electron chi connectivity index (χ0n) is 11.3. The number of rotatable bonds is 5. The summed E-state index contributed by atoms with van der Waals surface area (Å²) in [7, 11) is 0. The molecule has 0 saturated heterocycles. The van der Waals surface area contributed by atoms with E-state index in [1.807, 2.05) is 0 Å². The largest absolute Gasteiger partial charge is 0.352 e. The molecular weight excluding hydrogens is 272 g/mol. The standard InChI is InChI=1S/C13H16N6S/c1-8-7-10-11(16-13(18-15)17-12(10)20-8)19(6-2-5-14)9-3-4-9/h7,9H,2-4,6,15H2,1H3,(H,16,17,18). The Hall–Kier alpha value is -1.91. The molecule has 2 aromatic rings. The topological polar surface area (TPSA) is 90.9 Å². The third kappa shape index (κ3) is 2.40. The molecule has 0 aromatic carbocycles. The van der Waals surface area contributed by atoms with Gasteiger partial charge in [0.05, 0.1) is 17.9 Å². The van der Waals surface area contributed by atoms with Crippen LogP contribution in [-0.2, 0) is 0 Å². The Bertz CT molecular complexity index is 669. The van der Waals surface area contributed by atoms with Gasteiger partial charge in [0.25, 0.3) is 0 Å². The Morgan fingerprint density at radius 3 is 3.00 bits per heavy atom. The lowest BCUT2D eigenvalue weighted by Gasteiger charge is -2.23. The van der Waals surface area contributed by atoms with Crippen molar-refractivity contribution in [2.24, 2.45) is 5.84 Å². The zero-order valence-corrected chi connectivity index (χ0v) is 12.1. The number of hydrazine groups is 1. The number of thiophene rings is 1. The monoisotopic (exact) mass is 288 g/mol. The van der Waals surface area contributed by atoms with Crippen LogP contribution in [0, 0.1) is 18.3 Å². The molecular formula is C13H16N6S. The van der Waals surface area contributed by atoms with Crippen molar-refractivity contribution in [2.75, 3.05) is 16.9 Å². The van der Waals surface area contributed by atoms with E-state index in [0.717, 1.165) is 28.9 Å². The number of fused-ring (bicyclic) bond motifs is 1. The van der Waals surface area contributed by atoms with E-state index >= 15 is 0 Å². The number of nitrogens with two attached hydrogens (primary N) is 1. The summed E-state index contributed by atoms with van der Waals surface area (Å²) < 4.78 is 0. The van der Waals surface area contributed by atoms with E-state index < -0.39 is 0 Å². The van der Waals surface area contributed by atoms with Gasteiger partial charge in [-0.05, 0) is 25.8 Å². The van der Waals surface area contributed by atoms with Gasteiger partial charge in [-0.2, -0.15) is 10.2 Å². The number of hydrogen-bond donors (Lipinski definition) is 2. The van der Waals surface area contributed by atoms with Crippen molar-refractivity contribution in [1.29, 1.82) is 5.26 Å². The molecule has 6 nitrogen and oxygen atoms in total. The summed E-state index contributed by atoms with van der Waals surface area (Å²) in [5.74, 6) is 6.79. The molecule has 0 amide bonds. The van der Waals surface area contributed by atoms with Crippen LogP contribution in [0.1, 0.15) is 24.1 Å². The Balaban J connectivity index is 2.09. The molecule has 2 heterocycles. The van der Waals surface area contributed by atoms with Gasteiger partial charge in [-0.25, -0.2) is 10.8 Å². The molecule has 104 valence electrons. The lowest BCUT2D eigenvalue weighted by Crippen LogP contribution is -2.28. The highest BCUT2D eigenvalue weighted by molar-refractivity contribution is 7.18. The highest BCUT2D eigenvalue weighted by Crippen LogP contribution is 2.37. The van der Waals surface area contributed by atoms with Gasteiger partial charge in [0, 0.05) is 17.5 Å². The fraction of sp³-hybridized carbons (Fsp3) is 0.462. The second-order valence-corrected chi connectivity index (χ2v) is 6.16. The number of nitriles is 1. The maximum Gasteiger partial charge on any atom is 0.240 e. The zero-order chi connectivity index (χ0) is 14.1. The number of aromatic nitrogens is 2. The SMILES string of the molecule is Cc1cc2c(N(CCC#N)C3CC3)nc(NN)nc2s1. The van der Waals surface area contributed by atoms with Gasteiger partial charge in [-0.3, -0.25) is 5.43 Å². The van der Waals surface area contributed by atoms with E-state index in [2.05, 4.69) is 39.4 Å². The molecule has 1 saturated carbocycles. The normalized spacial score (nSPS) is 14.2. The van der Waals surface area contributed by atoms with Crippen LogP contribution in [0.25, 0.3) is 10.2 Å². The molecule has 0 radical (unpaired) electrons. The summed E-state index contributed by atoms with van der Waals surface area (Å²) in [6.45, 7) is 2.76. The van der Waals surface area contributed by atoms with Crippen molar-refractivity contribution in [2.45, 2.75) is 32.2 Å². The first-order chi connectivity index (χ1) is 9.72. The molecule has 0 aliphatic heterocycles. The summed E-state index contributed by atoms with van der Waals surface area (Å²) in [6.07, 6.45) is 2.81. The molecule has 3 rings (SSSR count). The van der Waals surface area contributed by atoms with Crippen molar-refractivity contribution in [3.63, 3.8) is 0 Å². The minimum atomic E-state index is 0.428. The van der Waals surface area contributed by atoms with E-state index in [4.69, 9.17) is 11.1 Å². The Labute approximate surface area is 121 Å². The molecule has 0 bridgehead atoms. The summed E-state index contributed by atoms with van der Waals surface area (Å²) in [6, 6.07) is 4.81. The van der Waals surface area contributed by atoms with E-state index in [9.17, 15) is 0 Å². The van der Waals surface area contributed by atoms with Crippen LogP contribution in [0.4, 0.5) is 11.8 Å². The van der Waals surface area contributed by atoms with Crippen molar-refractivity contribution >= 4 is 33.3 Å². The molecule has 1 fully saturated rings. The van der Waals surface area contributed by atoms with E-state index in [1.165, 1.54) is 4.88 Å². The smallest absolute Gasteiger partial charge is 0.240 e. The number of nitrogens with one attached hydrogen (secondary N) is 1. The molecule has 7 heteroatoms. The van der Waals surface area contributed by atoms with E-state index in [-0.39, 0.29) is 0 Å². The van der Waals surface area contributed by atoms with Gasteiger partial charge >= 0.3 is 0 Å². The van der Waals surface area contributed by atoms with E-state index in [0.29, 0.717) is 25.0 Å². The van der Waals surface area contributed by atoms with Gasteiger partial charge in [0.15, 0.2) is 0 Å². The van der Waals surface area contributed by atoms with Crippen LogP contribution in [0.3, 0.4) is 0 Å². The van der Waals surface area contributed by atoms with Crippen LogP contribution >= 0.6 is 11.3 Å². The minimum Gasteiger partial charge on any atom is -0.352 e. The maximum absolute atomic E-state index is 8.84. The van der Waals surface area contributed by atoms with Crippen molar-refractivity contribution in [3.8, 4) is 6.07 Å². The van der Waals surface area contributed by atoms with Gasteiger partial charge < -0.3 is 4.90 Å². The highest BCUT2D eigenvalue weighted by Gasteiger charge is 2.31. The number of hydrogen-bond acceptors (Lipinski definition) is 7. The average Bonchev–Trinajstić information content (AvgIpc) is 3.20. The molecule has 0 atom stereocenters. The number of aryl methyl sites for hydroxylation is 1. The summed E-state index contributed by atoms with van der Waals surface area (Å²) in [4.78, 5) is 13.3. The van der Waals surface area contributed by atoms with Crippen LogP contribution < -0.4 is 16.2 Å². The molecule has 1 aliphatic rings. The second kappa shape index (κ2) is 5.23. The van der Waals surface area contributed by atoms with Crippen molar-refractivity contribution < 1.29 is 0 Å². The van der Waals surface area contributed by atoms with Crippen LogP contribution in [-0.4, -0.2) is 22.6 Å². The molecule has 20 heavy (non-hydrogen) atoms. The third-order valence-electron chi connectivity index (χ3n) is 3.35. The summed E-state index contributed by atoms with van der Waals surface area (Å²) >= 11 is 1.63. The van der Waals surface area contributed by atoms with Gasteiger partial charge in [-0.15, -0.1) is 11.3 Å². The van der Waals surface area contributed by atoms with Crippen LogP contribution in [0.5, 0.6) is 0 Å². The number of nitrogen functional groups attached to an aromatic ring is 1. The van der Waals surface area contributed by atoms with Crippen LogP contribution in [0.15, 0.2) is 6.07 Å². The Morgan fingerprint density at radius 1 is 1.55 bits per heavy atom. The van der Waals surface area contributed by atoms with Crippen LogP contribution in [0.2, 0.25) is 0 Å². The van der Waals surface area contributed by atoms with Crippen molar-refractivity contribution in [3.05, 3.63) is 10.9 Å². The van der Waals surface area contributed by atoms with Gasteiger partial charge in [-0.1, -0.05) is 0 Å². The lowest BCUT2D eigenvalue weighted by atomic mass is 10.3. The number of anilines is 2. The van der Waals surface area contributed by atoms with Gasteiger partial charge in [0.1, 0.15) is 10.6 Å². The van der Waals surface area contributed by atoms with Crippen molar-refractivity contribution in [1.82, 2.24) is 9.97 Å². The molecule has 3 N–H and O–H groups in total. The first kappa shape index (κ1) is 13.1. The molecule has 0 unspecified atom stereocenters. The predicted molar refractivity (Wildman–Crippen MR) is 80.6 cm³/mol. The predicted octanol–water partition coefficient (Wildman–Crippen LogP) is 2.17. The highest BCUT2D eigenvalue weighted by atomic mass is 32.1. The molecule has 0 spiro atoms. The summed E-state index contributed by atoms with van der Waals surface area (Å²) in [5.41, 5.74) is 2.53. The minimum absolute atomic E-state index is 0.428. The Morgan fingerprint density at radius 2 is 2.35 bits per heavy atom. The molecule has 1 aliphatic carbocycles. The van der Waals surface area contributed by atoms with Gasteiger partial charge in [0.2, 0.25) is 5.95 Å². The fourth-order valence-electron chi connectivity index (χ4n) is 2.33. The second-order valence-electron chi connectivity index (χ2n) is 4.92. The Kier molecular flexibility index (Phi) is 3.42. The fourth-order valence-corrected chi connectivity index (χ4v) is 3.20. The quantitative estimate of drug-likeness (QED) is 0.647.